The summed E-state index contributed by atoms with van der Waals surface area (Å²) >= 11 is 0. The number of nitrogens with one attached hydrogen (secondary N) is 2. The second-order valence-corrected chi connectivity index (χ2v) is 8.25. The maximum Gasteiger partial charge on any atom is 0.254 e. The van der Waals surface area contributed by atoms with Crippen LogP contribution in [0.3, 0.4) is 0 Å². The number of anilines is 4. The molecule has 1 amide bonds. The summed E-state index contributed by atoms with van der Waals surface area (Å²) in [6.45, 7) is 5.45. The van der Waals surface area contributed by atoms with Crippen LogP contribution in [-0.2, 0) is 11.8 Å². The zero-order valence-electron chi connectivity index (χ0n) is 21.9. The van der Waals surface area contributed by atoms with Crippen molar-refractivity contribution < 1.29 is 14.3 Å². The molecule has 0 saturated carbocycles. The third-order valence-electron chi connectivity index (χ3n) is 5.79. The van der Waals surface area contributed by atoms with Crippen LogP contribution in [0, 0.1) is 0 Å². The molecule has 1 fully saturated rings. The van der Waals surface area contributed by atoms with Crippen LogP contribution in [0.4, 0.5) is 23.1 Å². The SMILES string of the molecule is CC.COc1c(Nc2nc(Nc3cnn(C4CCOCC4)c3)ncc2C(N)=O)cccc1-c1ncn(C)n1. The molecule has 4 aromatic rings. The molecule has 200 valence electrons. The largest absolute Gasteiger partial charge is 0.494 e. The Morgan fingerprint density at radius 2 is 1.95 bits per heavy atom. The van der Waals surface area contributed by atoms with Crippen molar-refractivity contribution in [1.29, 1.82) is 0 Å². The van der Waals surface area contributed by atoms with E-state index in [1.807, 2.05) is 36.9 Å². The molecule has 0 bridgehead atoms. The third kappa shape index (κ3) is 5.89. The van der Waals surface area contributed by atoms with Gasteiger partial charge in [0.1, 0.15) is 17.7 Å². The highest BCUT2D eigenvalue weighted by atomic mass is 16.5. The van der Waals surface area contributed by atoms with Crippen molar-refractivity contribution in [2.24, 2.45) is 12.8 Å². The number of primary amides is 1. The maximum atomic E-state index is 12.1. The molecule has 3 aromatic heterocycles. The molecule has 38 heavy (non-hydrogen) atoms. The number of methoxy groups -OCH3 is 1. The highest BCUT2D eigenvalue weighted by Crippen LogP contribution is 2.36. The number of carbonyl (C=O) groups is 1. The molecular formula is C25H32N10O3. The number of nitrogens with two attached hydrogens (primary N) is 1. The Morgan fingerprint density at radius 1 is 1.16 bits per heavy atom. The van der Waals surface area contributed by atoms with Crippen LogP contribution >= 0.6 is 0 Å². The molecule has 1 aliphatic rings. The van der Waals surface area contributed by atoms with Gasteiger partial charge in [0.15, 0.2) is 11.6 Å². The van der Waals surface area contributed by atoms with Crippen LogP contribution in [0.2, 0.25) is 0 Å². The van der Waals surface area contributed by atoms with E-state index in [2.05, 4.69) is 35.8 Å². The minimum atomic E-state index is -0.669. The average molecular weight is 521 g/mol. The number of ether oxygens (including phenoxy) is 2. The van der Waals surface area contributed by atoms with E-state index in [-0.39, 0.29) is 23.4 Å². The molecule has 1 aromatic carbocycles. The lowest BCUT2D eigenvalue weighted by Crippen LogP contribution is -2.19. The first kappa shape index (κ1) is 26.5. The monoisotopic (exact) mass is 520 g/mol. The summed E-state index contributed by atoms with van der Waals surface area (Å²) in [4.78, 5) is 25.2. The van der Waals surface area contributed by atoms with E-state index >= 15 is 0 Å². The van der Waals surface area contributed by atoms with E-state index in [1.165, 1.54) is 6.20 Å². The van der Waals surface area contributed by atoms with Crippen molar-refractivity contribution in [2.75, 3.05) is 31.0 Å². The number of carbonyl (C=O) groups excluding carboxylic acids is 1. The normalized spacial score (nSPS) is 13.4. The fourth-order valence-electron chi connectivity index (χ4n) is 4.02. The molecule has 4 heterocycles. The molecule has 0 aliphatic carbocycles. The number of nitrogens with zero attached hydrogens (tertiary/aromatic N) is 7. The predicted molar refractivity (Wildman–Crippen MR) is 143 cm³/mol. The summed E-state index contributed by atoms with van der Waals surface area (Å²) in [5.74, 6) is 0.819. The molecule has 0 unspecified atom stereocenters. The van der Waals surface area contributed by atoms with Gasteiger partial charge in [0.05, 0.1) is 36.3 Å². The van der Waals surface area contributed by atoms with Gasteiger partial charge in [-0.2, -0.15) is 15.2 Å². The quantitative estimate of drug-likeness (QED) is 0.314. The molecule has 4 N–H and O–H groups in total. The topological polar surface area (TPSA) is 160 Å². The number of hydrogen-bond donors (Lipinski definition) is 3. The lowest BCUT2D eigenvalue weighted by Gasteiger charge is -2.22. The first-order valence-electron chi connectivity index (χ1n) is 12.4. The first-order chi connectivity index (χ1) is 18.5. The molecule has 13 nitrogen and oxygen atoms in total. The maximum absolute atomic E-state index is 12.1. The molecule has 0 atom stereocenters. The van der Waals surface area contributed by atoms with E-state index in [0.29, 0.717) is 22.8 Å². The molecule has 13 heteroatoms. The number of para-hydroxylation sites is 1. The van der Waals surface area contributed by atoms with Crippen molar-refractivity contribution >= 4 is 29.0 Å². The van der Waals surface area contributed by atoms with Gasteiger partial charge in [-0.15, -0.1) is 0 Å². The summed E-state index contributed by atoms with van der Waals surface area (Å²) < 4.78 is 14.6. The van der Waals surface area contributed by atoms with Crippen molar-refractivity contribution in [1.82, 2.24) is 34.5 Å². The van der Waals surface area contributed by atoms with E-state index in [0.717, 1.165) is 31.7 Å². The fourth-order valence-corrected chi connectivity index (χ4v) is 4.02. The molecule has 1 aliphatic heterocycles. The van der Waals surface area contributed by atoms with E-state index in [9.17, 15) is 4.79 Å². The van der Waals surface area contributed by atoms with Crippen molar-refractivity contribution in [3.8, 4) is 17.1 Å². The van der Waals surface area contributed by atoms with E-state index < -0.39 is 5.91 Å². The van der Waals surface area contributed by atoms with Gasteiger partial charge < -0.3 is 25.8 Å². The van der Waals surface area contributed by atoms with Crippen molar-refractivity contribution in [2.45, 2.75) is 32.7 Å². The second-order valence-electron chi connectivity index (χ2n) is 8.25. The van der Waals surface area contributed by atoms with Crippen LogP contribution in [0.25, 0.3) is 11.4 Å². The van der Waals surface area contributed by atoms with Gasteiger partial charge in [0.2, 0.25) is 5.95 Å². The van der Waals surface area contributed by atoms with Crippen LogP contribution in [-0.4, -0.2) is 60.7 Å². The van der Waals surface area contributed by atoms with Gasteiger partial charge in [-0.25, -0.2) is 9.97 Å². The summed E-state index contributed by atoms with van der Waals surface area (Å²) in [5, 5.41) is 15.1. The van der Waals surface area contributed by atoms with E-state index in [4.69, 9.17) is 15.2 Å². The number of rotatable bonds is 8. The van der Waals surface area contributed by atoms with Crippen LogP contribution in [0.1, 0.15) is 43.1 Å². The minimum Gasteiger partial charge on any atom is -0.494 e. The Morgan fingerprint density at radius 3 is 2.63 bits per heavy atom. The van der Waals surface area contributed by atoms with Gasteiger partial charge in [0.25, 0.3) is 5.91 Å². The molecule has 5 rings (SSSR count). The minimum absolute atomic E-state index is 0.127. The Bertz CT molecular complexity index is 1380. The van der Waals surface area contributed by atoms with Crippen molar-refractivity contribution in [3.05, 3.63) is 48.7 Å². The van der Waals surface area contributed by atoms with E-state index in [1.54, 1.807) is 37.4 Å². The fraction of sp³-hybridized carbons (Fsp3) is 0.360. The van der Waals surface area contributed by atoms with Gasteiger partial charge >= 0.3 is 0 Å². The lowest BCUT2D eigenvalue weighted by atomic mass is 10.1. The standard InChI is InChI=1S/C23H26N10O3.C2H6/c1-32-13-26-21(31-32)16-4-3-5-18(19(16)35-2)29-22-17(20(24)34)11-25-23(30-22)28-14-10-27-33(12-14)15-6-8-36-9-7-15;1-2/h3-5,10-13,15H,6-9H2,1-2H3,(H2,24,34)(H2,25,28,29,30);1-2H3. The van der Waals surface area contributed by atoms with Crippen molar-refractivity contribution in [3.63, 3.8) is 0 Å². The summed E-state index contributed by atoms with van der Waals surface area (Å²) in [6.07, 6.45) is 8.41. The van der Waals surface area contributed by atoms with Crippen LogP contribution in [0.5, 0.6) is 5.75 Å². The van der Waals surface area contributed by atoms with Gasteiger partial charge in [-0.05, 0) is 25.0 Å². The van der Waals surface area contributed by atoms with Crippen LogP contribution < -0.4 is 21.1 Å². The highest BCUT2D eigenvalue weighted by Gasteiger charge is 2.19. The zero-order valence-corrected chi connectivity index (χ0v) is 21.9. The zero-order chi connectivity index (χ0) is 27.1. The number of aromatic nitrogens is 7. The molecule has 1 saturated heterocycles. The summed E-state index contributed by atoms with van der Waals surface area (Å²) in [5.41, 5.74) is 7.68. The van der Waals surface area contributed by atoms with Gasteiger partial charge in [-0.1, -0.05) is 19.9 Å². The lowest BCUT2D eigenvalue weighted by molar-refractivity contribution is 0.0662. The molecular weight excluding hydrogens is 488 g/mol. The molecule has 0 radical (unpaired) electrons. The summed E-state index contributed by atoms with van der Waals surface area (Å²) in [7, 11) is 3.33. The number of amides is 1. The average Bonchev–Trinajstić information content (AvgIpc) is 3.59. The highest BCUT2D eigenvalue weighted by molar-refractivity contribution is 5.98. The summed E-state index contributed by atoms with van der Waals surface area (Å²) in [6, 6.07) is 5.75. The number of hydrogen-bond acceptors (Lipinski definition) is 10. The predicted octanol–water partition coefficient (Wildman–Crippen LogP) is 3.44. The smallest absolute Gasteiger partial charge is 0.254 e. The second kappa shape index (κ2) is 12.1. The van der Waals surface area contributed by atoms with Crippen LogP contribution in [0.15, 0.2) is 43.1 Å². The van der Waals surface area contributed by atoms with Gasteiger partial charge in [0, 0.05) is 32.7 Å². The Labute approximate surface area is 220 Å². The first-order valence-corrected chi connectivity index (χ1v) is 12.4. The third-order valence-corrected chi connectivity index (χ3v) is 5.79. The molecule has 0 spiro atoms. The van der Waals surface area contributed by atoms with Gasteiger partial charge in [-0.3, -0.25) is 14.2 Å². The Hall–Kier alpha value is -4.52. The number of aryl methyl sites for hydroxylation is 1. The number of benzene rings is 1. The Balaban J connectivity index is 0.00000164. The Kier molecular flexibility index (Phi) is 8.48.